The molecule has 0 aliphatic carbocycles. The fraction of sp³-hybridized carbons (Fsp3) is 0.429. The third-order valence-electron chi connectivity index (χ3n) is 3.31. The quantitative estimate of drug-likeness (QED) is 0.912. The number of aryl methyl sites for hydroxylation is 1. The van der Waals surface area contributed by atoms with Gasteiger partial charge in [0.1, 0.15) is 12.2 Å². The Bertz CT molecular complexity index is 584. The molecule has 6 heteroatoms. The summed E-state index contributed by atoms with van der Waals surface area (Å²) in [7, 11) is 3.35. The second-order valence-electron chi connectivity index (χ2n) is 4.80. The lowest BCUT2D eigenvalue weighted by molar-refractivity contribution is 0.385. The smallest absolute Gasteiger partial charge is 0.165 e. The maximum Gasteiger partial charge on any atom is 0.165 e. The van der Waals surface area contributed by atoms with E-state index < -0.39 is 0 Å². The molecule has 20 heavy (non-hydrogen) atoms. The van der Waals surface area contributed by atoms with Crippen molar-refractivity contribution >= 4 is 0 Å². The number of hydrogen-bond donors (Lipinski definition) is 1. The van der Waals surface area contributed by atoms with E-state index in [1.54, 1.807) is 12.4 Å². The molecule has 2 atom stereocenters. The molecule has 1 aromatic carbocycles. The Balaban J connectivity index is 2.10. The molecule has 0 bridgehead atoms. The van der Waals surface area contributed by atoms with Crippen molar-refractivity contribution in [3.8, 4) is 5.75 Å². The largest absolute Gasteiger partial charge is 0.494 e. The Morgan fingerprint density at radius 2 is 2.05 bits per heavy atom. The van der Waals surface area contributed by atoms with Gasteiger partial charge in [0.15, 0.2) is 11.6 Å². The van der Waals surface area contributed by atoms with Gasteiger partial charge in [-0.3, -0.25) is 0 Å². The molecule has 0 saturated heterocycles. The standard InChI is InChI=1S/C14H19FN4O/c1-9(11-5-6-13(20-4)12(15)7-11)17-10(2)14-18-16-8-19(14)3/h5-10,17H,1-4H3. The molecular formula is C14H19FN4O. The summed E-state index contributed by atoms with van der Waals surface area (Å²) in [6.07, 6.45) is 1.66. The number of halogens is 1. The molecule has 0 radical (unpaired) electrons. The lowest BCUT2D eigenvalue weighted by Gasteiger charge is -2.20. The van der Waals surface area contributed by atoms with Crippen molar-refractivity contribution in [3.63, 3.8) is 0 Å². The molecule has 0 saturated carbocycles. The van der Waals surface area contributed by atoms with Crippen molar-refractivity contribution in [3.05, 3.63) is 41.7 Å². The minimum absolute atomic E-state index is 0.0119. The summed E-state index contributed by atoms with van der Waals surface area (Å²) < 4.78 is 20.5. The Kier molecular flexibility index (Phi) is 4.34. The van der Waals surface area contributed by atoms with Gasteiger partial charge in [0.05, 0.1) is 13.2 Å². The van der Waals surface area contributed by atoms with Gasteiger partial charge in [-0.1, -0.05) is 6.07 Å². The highest BCUT2D eigenvalue weighted by atomic mass is 19.1. The molecular weight excluding hydrogens is 259 g/mol. The van der Waals surface area contributed by atoms with E-state index in [1.807, 2.05) is 31.5 Å². The van der Waals surface area contributed by atoms with Gasteiger partial charge < -0.3 is 14.6 Å². The minimum atomic E-state index is -0.357. The molecule has 1 heterocycles. The van der Waals surface area contributed by atoms with Gasteiger partial charge in [0.2, 0.25) is 0 Å². The molecule has 0 fully saturated rings. The number of nitrogens with zero attached hydrogens (tertiary/aromatic N) is 3. The van der Waals surface area contributed by atoms with Crippen molar-refractivity contribution in [1.29, 1.82) is 0 Å². The van der Waals surface area contributed by atoms with Crippen molar-refractivity contribution in [1.82, 2.24) is 20.1 Å². The fourth-order valence-corrected chi connectivity index (χ4v) is 2.18. The molecule has 0 aliphatic rings. The van der Waals surface area contributed by atoms with Crippen LogP contribution >= 0.6 is 0 Å². The Morgan fingerprint density at radius 3 is 2.60 bits per heavy atom. The number of nitrogens with one attached hydrogen (secondary N) is 1. The van der Waals surface area contributed by atoms with Gasteiger partial charge >= 0.3 is 0 Å². The van der Waals surface area contributed by atoms with E-state index in [4.69, 9.17) is 4.74 Å². The maximum atomic E-state index is 13.7. The molecule has 108 valence electrons. The third kappa shape index (κ3) is 2.96. The second-order valence-corrected chi connectivity index (χ2v) is 4.80. The molecule has 2 aromatic rings. The van der Waals surface area contributed by atoms with Gasteiger partial charge in [0.25, 0.3) is 0 Å². The summed E-state index contributed by atoms with van der Waals surface area (Å²) in [5.74, 6) is 0.734. The summed E-state index contributed by atoms with van der Waals surface area (Å²) in [6, 6.07) is 4.98. The lowest BCUT2D eigenvalue weighted by atomic mass is 10.1. The zero-order valence-corrected chi connectivity index (χ0v) is 12.1. The monoisotopic (exact) mass is 278 g/mol. The van der Waals surface area contributed by atoms with E-state index in [0.717, 1.165) is 11.4 Å². The summed E-state index contributed by atoms with van der Waals surface area (Å²) in [6.45, 7) is 3.98. The molecule has 1 N–H and O–H groups in total. The lowest BCUT2D eigenvalue weighted by Crippen LogP contribution is -2.24. The third-order valence-corrected chi connectivity index (χ3v) is 3.31. The van der Waals surface area contributed by atoms with Crippen LogP contribution in [0, 0.1) is 5.82 Å². The normalized spacial score (nSPS) is 14.1. The van der Waals surface area contributed by atoms with Crippen LogP contribution in [0.4, 0.5) is 4.39 Å². The van der Waals surface area contributed by atoms with E-state index in [2.05, 4.69) is 15.5 Å². The first-order valence-corrected chi connectivity index (χ1v) is 6.46. The predicted molar refractivity (Wildman–Crippen MR) is 73.9 cm³/mol. The maximum absolute atomic E-state index is 13.7. The van der Waals surface area contributed by atoms with Gasteiger partial charge in [-0.15, -0.1) is 10.2 Å². The zero-order valence-electron chi connectivity index (χ0n) is 12.1. The van der Waals surface area contributed by atoms with E-state index in [1.165, 1.54) is 13.2 Å². The highest BCUT2D eigenvalue weighted by Crippen LogP contribution is 2.23. The topological polar surface area (TPSA) is 52.0 Å². The van der Waals surface area contributed by atoms with Gasteiger partial charge in [-0.2, -0.15) is 0 Å². The van der Waals surface area contributed by atoms with E-state index >= 15 is 0 Å². The number of rotatable bonds is 5. The molecule has 0 aliphatic heterocycles. The fourth-order valence-electron chi connectivity index (χ4n) is 2.18. The minimum Gasteiger partial charge on any atom is -0.494 e. The summed E-state index contributed by atoms with van der Waals surface area (Å²) in [4.78, 5) is 0. The van der Waals surface area contributed by atoms with Crippen LogP contribution in [-0.2, 0) is 7.05 Å². The van der Waals surface area contributed by atoms with Gasteiger partial charge in [-0.25, -0.2) is 4.39 Å². The van der Waals surface area contributed by atoms with Gasteiger partial charge in [-0.05, 0) is 31.5 Å². The zero-order chi connectivity index (χ0) is 14.7. The van der Waals surface area contributed by atoms with E-state index in [0.29, 0.717) is 0 Å². The van der Waals surface area contributed by atoms with Crippen LogP contribution in [-0.4, -0.2) is 21.9 Å². The Hall–Kier alpha value is -1.95. The number of ether oxygens (including phenoxy) is 1. The van der Waals surface area contributed by atoms with Crippen molar-refractivity contribution in [2.24, 2.45) is 7.05 Å². The first-order chi connectivity index (χ1) is 9.52. The highest BCUT2D eigenvalue weighted by molar-refractivity contribution is 5.30. The SMILES string of the molecule is COc1ccc(C(C)NC(C)c2nncn2C)cc1F. The van der Waals surface area contributed by atoms with E-state index in [-0.39, 0.29) is 23.7 Å². The molecule has 5 nitrogen and oxygen atoms in total. The van der Waals surface area contributed by atoms with Crippen LogP contribution in [0.1, 0.15) is 37.3 Å². The van der Waals surface area contributed by atoms with Crippen LogP contribution in [0.15, 0.2) is 24.5 Å². The van der Waals surface area contributed by atoms with Crippen molar-refractivity contribution in [2.45, 2.75) is 25.9 Å². The summed E-state index contributed by atoms with van der Waals surface area (Å²) in [5, 5.41) is 11.3. The first-order valence-electron chi connectivity index (χ1n) is 6.46. The second kappa shape index (κ2) is 6.00. The predicted octanol–water partition coefficient (Wildman–Crippen LogP) is 2.37. The first kappa shape index (κ1) is 14.5. The summed E-state index contributed by atoms with van der Waals surface area (Å²) >= 11 is 0. The molecule has 0 spiro atoms. The molecule has 0 amide bonds. The summed E-state index contributed by atoms with van der Waals surface area (Å²) in [5.41, 5.74) is 0.859. The molecule has 2 unspecified atom stereocenters. The van der Waals surface area contributed by atoms with Crippen molar-refractivity contribution < 1.29 is 9.13 Å². The van der Waals surface area contributed by atoms with Crippen molar-refractivity contribution in [2.75, 3.05) is 7.11 Å². The number of benzene rings is 1. The number of aromatic nitrogens is 3. The van der Waals surface area contributed by atoms with Crippen LogP contribution in [0.25, 0.3) is 0 Å². The van der Waals surface area contributed by atoms with E-state index in [9.17, 15) is 4.39 Å². The number of methoxy groups -OCH3 is 1. The van der Waals surface area contributed by atoms with Gasteiger partial charge in [0, 0.05) is 13.1 Å². The highest BCUT2D eigenvalue weighted by Gasteiger charge is 2.16. The Morgan fingerprint density at radius 1 is 1.30 bits per heavy atom. The van der Waals surface area contributed by atoms with Crippen LogP contribution in [0.3, 0.4) is 0 Å². The number of hydrogen-bond acceptors (Lipinski definition) is 4. The Labute approximate surface area is 117 Å². The van der Waals surface area contributed by atoms with Crippen LogP contribution in [0.5, 0.6) is 5.75 Å². The average molecular weight is 278 g/mol. The van der Waals surface area contributed by atoms with Crippen LogP contribution < -0.4 is 10.1 Å². The van der Waals surface area contributed by atoms with Crippen LogP contribution in [0.2, 0.25) is 0 Å². The average Bonchev–Trinajstić information content (AvgIpc) is 2.84. The molecule has 2 rings (SSSR count). The molecule has 1 aromatic heterocycles.